The third kappa shape index (κ3) is 1.80. The smallest absolute Gasteiger partial charge is 0.0691 e. The molecule has 0 fully saturated rings. The van der Waals surface area contributed by atoms with Gasteiger partial charge in [-0.25, -0.2) is 0 Å². The van der Waals surface area contributed by atoms with E-state index >= 15 is 0 Å². The normalized spacial score (nSPS) is 13.5. The van der Waals surface area contributed by atoms with E-state index in [9.17, 15) is 0 Å². The maximum Gasteiger partial charge on any atom is 0.0691 e. The molecule has 74 valence electrons. The van der Waals surface area contributed by atoms with Gasteiger partial charge in [0, 0.05) is 5.41 Å². The van der Waals surface area contributed by atoms with Gasteiger partial charge in [0.25, 0.3) is 0 Å². The molecule has 0 radical (unpaired) electrons. The average molecular weight is 172 g/mol. The van der Waals surface area contributed by atoms with Crippen molar-refractivity contribution in [3.63, 3.8) is 0 Å². The van der Waals surface area contributed by atoms with Crippen LogP contribution in [0.5, 0.6) is 0 Å². The fourth-order valence-electron chi connectivity index (χ4n) is 2.11. The van der Waals surface area contributed by atoms with Gasteiger partial charge < -0.3 is 11.5 Å². The van der Waals surface area contributed by atoms with E-state index in [1.807, 2.05) is 0 Å². The Morgan fingerprint density at radius 1 is 0.750 bits per heavy atom. The van der Waals surface area contributed by atoms with Crippen molar-refractivity contribution in [2.24, 2.45) is 16.9 Å². The minimum absolute atomic E-state index is 0.127. The molecule has 0 unspecified atom stereocenters. The van der Waals surface area contributed by atoms with Gasteiger partial charge in [-0.2, -0.15) is 0 Å². The molecule has 0 saturated carbocycles. The van der Waals surface area contributed by atoms with Gasteiger partial charge in [0.05, 0.1) is 5.66 Å². The van der Waals surface area contributed by atoms with E-state index in [4.69, 9.17) is 11.5 Å². The highest BCUT2D eigenvalue weighted by molar-refractivity contribution is 4.95. The molecular weight excluding hydrogens is 148 g/mol. The van der Waals surface area contributed by atoms with Crippen molar-refractivity contribution in [3.05, 3.63) is 0 Å². The van der Waals surface area contributed by atoms with E-state index in [0.717, 1.165) is 25.7 Å². The third-order valence-electron chi connectivity index (χ3n) is 3.60. The van der Waals surface area contributed by atoms with Gasteiger partial charge in [-0.1, -0.05) is 27.7 Å². The summed E-state index contributed by atoms with van der Waals surface area (Å²) in [6.07, 6.45) is 4.06. The molecule has 0 aliphatic rings. The predicted octanol–water partition coefficient (Wildman–Crippen LogP) is 2.23. The maximum atomic E-state index is 6.10. The fraction of sp³-hybridized carbons (Fsp3) is 1.00. The zero-order valence-corrected chi connectivity index (χ0v) is 8.98. The molecule has 2 heteroatoms. The highest BCUT2D eigenvalue weighted by atomic mass is 15.0. The van der Waals surface area contributed by atoms with Crippen LogP contribution in [0.25, 0.3) is 0 Å². The first-order chi connectivity index (χ1) is 5.49. The Kier molecular flexibility index (Phi) is 4.21. The Morgan fingerprint density at radius 2 is 1.08 bits per heavy atom. The van der Waals surface area contributed by atoms with Crippen LogP contribution >= 0.6 is 0 Å². The molecule has 0 rings (SSSR count). The summed E-state index contributed by atoms with van der Waals surface area (Å²) in [5, 5.41) is 0. The minimum atomic E-state index is -0.495. The van der Waals surface area contributed by atoms with Crippen LogP contribution < -0.4 is 11.5 Å². The highest BCUT2D eigenvalue weighted by Gasteiger charge is 2.40. The summed E-state index contributed by atoms with van der Waals surface area (Å²) in [6.45, 7) is 8.60. The van der Waals surface area contributed by atoms with Gasteiger partial charge in [-0.15, -0.1) is 0 Å². The average Bonchev–Trinajstić information content (AvgIpc) is 2.08. The Hall–Kier alpha value is -0.0800. The van der Waals surface area contributed by atoms with Crippen LogP contribution in [0.4, 0.5) is 0 Å². The number of nitrogens with two attached hydrogens (primary N) is 2. The van der Waals surface area contributed by atoms with Crippen molar-refractivity contribution in [2.75, 3.05) is 0 Å². The van der Waals surface area contributed by atoms with Crippen molar-refractivity contribution >= 4 is 0 Å². The quantitative estimate of drug-likeness (QED) is 0.625. The van der Waals surface area contributed by atoms with Crippen molar-refractivity contribution < 1.29 is 0 Å². The van der Waals surface area contributed by atoms with Gasteiger partial charge in [0.15, 0.2) is 0 Å². The second-order valence-electron chi connectivity index (χ2n) is 3.73. The third-order valence-corrected chi connectivity index (χ3v) is 3.60. The molecule has 0 aromatic rings. The van der Waals surface area contributed by atoms with Crippen LogP contribution in [0, 0.1) is 5.41 Å². The largest absolute Gasteiger partial charge is 0.313 e. The van der Waals surface area contributed by atoms with E-state index in [1.54, 1.807) is 0 Å². The molecular formula is C10H24N2. The molecule has 2 nitrogen and oxygen atoms in total. The van der Waals surface area contributed by atoms with E-state index in [-0.39, 0.29) is 5.41 Å². The van der Waals surface area contributed by atoms with Crippen LogP contribution in [0.3, 0.4) is 0 Å². The summed E-state index contributed by atoms with van der Waals surface area (Å²) in [6, 6.07) is 0. The molecule has 0 atom stereocenters. The molecule has 0 bridgehead atoms. The zero-order valence-electron chi connectivity index (χ0n) is 8.98. The van der Waals surface area contributed by atoms with Crippen LogP contribution in [0.1, 0.15) is 53.4 Å². The van der Waals surface area contributed by atoms with Crippen molar-refractivity contribution in [3.8, 4) is 0 Å². The number of hydrogen-bond acceptors (Lipinski definition) is 2. The van der Waals surface area contributed by atoms with E-state index in [1.165, 1.54) is 0 Å². The lowest BCUT2D eigenvalue weighted by molar-refractivity contribution is 0.0987. The van der Waals surface area contributed by atoms with Gasteiger partial charge in [-0.3, -0.25) is 0 Å². The maximum absolute atomic E-state index is 6.10. The summed E-state index contributed by atoms with van der Waals surface area (Å²) >= 11 is 0. The lowest BCUT2D eigenvalue weighted by Gasteiger charge is -2.44. The fourth-order valence-corrected chi connectivity index (χ4v) is 2.11. The van der Waals surface area contributed by atoms with Crippen molar-refractivity contribution in [1.29, 1.82) is 0 Å². The van der Waals surface area contributed by atoms with Crippen LogP contribution in [-0.2, 0) is 0 Å². The van der Waals surface area contributed by atoms with E-state index in [2.05, 4.69) is 27.7 Å². The lowest BCUT2D eigenvalue weighted by Crippen LogP contribution is -2.61. The molecule has 4 N–H and O–H groups in total. The Bertz CT molecular complexity index is 118. The number of rotatable bonds is 5. The summed E-state index contributed by atoms with van der Waals surface area (Å²) in [5.41, 5.74) is 11.8. The molecule has 0 aliphatic carbocycles. The second kappa shape index (κ2) is 4.24. The standard InChI is InChI=1S/C10H24N2/c1-5-9(6-2,7-3)10(11,12)8-4/h5-8,11-12H2,1-4H3. The molecule has 0 aromatic heterocycles. The highest BCUT2D eigenvalue weighted by Crippen LogP contribution is 2.38. The monoisotopic (exact) mass is 172 g/mol. The first-order valence-corrected chi connectivity index (χ1v) is 5.07. The molecule has 0 heterocycles. The lowest BCUT2D eigenvalue weighted by atomic mass is 9.68. The molecule has 0 aliphatic heterocycles. The van der Waals surface area contributed by atoms with Crippen LogP contribution in [0.15, 0.2) is 0 Å². The Balaban J connectivity index is 4.69. The van der Waals surface area contributed by atoms with E-state index < -0.39 is 5.66 Å². The topological polar surface area (TPSA) is 52.0 Å². The van der Waals surface area contributed by atoms with Crippen LogP contribution in [0.2, 0.25) is 0 Å². The first kappa shape index (κ1) is 11.9. The first-order valence-electron chi connectivity index (χ1n) is 5.07. The van der Waals surface area contributed by atoms with Crippen molar-refractivity contribution in [2.45, 2.75) is 59.0 Å². The number of hydrogen-bond donors (Lipinski definition) is 2. The summed E-state index contributed by atoms with van der Waals surface area (Å²) in [5.74, 6) is 0. The molecule has 0 aromatic carbocycles. The summed E-state index contributed by atoms with van der Waals surface area (Å²) < 4.78 is 0. The molecule has 12 heavy (non-hydrogen) atoms. The molecule has 0 spiro atoms. The van der Waals surface area contributed by atoms with Crippen molar-refractivity contribution in [1.82, 2.24) is 0 Å². The molecule has 0 amide bonds. The van der Waals surface area contributed by atoms with Crippen LogP contribution in [-0.4, -0.2) is 5.66 Å². The van der Waals surface area contributed by atoms with E-state index in [0.29, 0.717) is 0 Å². The predicted molar refractivity (Wildman–Crippen MR) is 54.7 cm³/mol. The van der Waals surface area contributed by atoms with Gasteiger partial charge in [0.1, 0.15) is 0 Å². The Morgan fingerprint density at radius 3 is 1.17 bits per heavy atom. The van der Waals surface area contributed by atoms with Gasteiger partial charge in [0.2, 0.25) is 0 Å². The Labute approximate surface area is 76.7 Å². The SMILES string of the molecule is CCC(N)(N)C(CC)(CC)CC. The minimum Gasteiger partial charge on any atom is -0.313 e. The van der Waals surface area contributed by atoms with Gasteiger partial charge >= 0.3 is 0 Å². The zero-order chi connectivity index (χ0) is 9.83. The summed E-state index contributed by atoms with van der Waals surface area (Å²) in [7, 11) is 0. The summed E-state index contributed by atoms with van der Waals surface area (Å²) in [4.78, 5) is 0. The molecule has 0 saturated heterocycles. The second-order valence-corrected chi connectivity index (χ2v) is 3.73. The van der Waals surface area contributed by atoms with Gasteiger partial charge in [-0.05, 0) is 25.7 Å².